The van der Waals surface area contributed by atoms with Gasteiger partial charge in [0, 0.05) is 4.90 Å². The molecule has 0 saturated heterocycles. The van der Waals surface area contributed by atoms with Crippen molar-refractivity contribution >= 4 is 34.1 Å². The first-order valence-electron chi connectivity index (χ1n) is 9.04. The molecule has 146 valence electrons. The molecule has 3 rings (SSSR count). The molecule has 0 saturated carbocycles. The van der Waals surface area contributed by atoms with Gasteiger partial charge < -0.3 is 20.1 Å². The molecule has 0 radical (unpaired) electrons. The number of hydrogen-bond acceptors (Lipinski definition) is 4. The van der Waals surface area contributed by atoms with E-state index in [1.54, 1.807) is 24.9 Å². The summed E-state index contributed by atoms with van der Waals surface area (Å²) in [5.41, 5.74) is 1.64. The summed E-state index contributed by atoms with van der Waals surface area (Å²) < 4.78 is 5.32. The molecular weight excluding hydrogens is 372 g/mol. The molecule has 6 heteroatoms. The van der Waals surface area contributed by atoms with Crippen LogP contribution >= 0.6 is 11.8 Å². The fourth-order valence-corrected chi connectivity index (χ4v) is 3.80. The first-order valence-corrected chi connectivity index (χ1v) is 10.3. The number of phenols is 1. The molecule has 3 aromatic carbocycles. The molecule has 5 nitrogen and oxygen atoms in total. The van der Waals surface area contributed by atoms with Gasteiger partial charge in [0.25, 0.3) is 5.91 Å². The maximum atomic E-state index is 12.5. The molecule has 1 amide bonds. The zero-order valence-corrected chi connectivity index (χ0v) is 17.1. The van der Waals surface area contributed by atoms with Gasteiger partial charge >= 0.3 is 0 Å². The van der Waals surface area contributed by atoms with E-state index in [1.165, 1.54) is 0 Å². The monoisotopic (exact) mass is 397 g/mol. The van der Waals surface area contributed by atoms with E-state index >= 15 is 0 Å². The maximum Gasteiger partial charge on any atom is 0.279 e. The number of carbonyl (C=O) groups is 1. The molecule has 0 aliphatic heterocycles. The van der Waals surface area contributed by atoms with E-state index in [0.717, 1.165) is 37.6 Å². The number of ether oxygens (including phenoxy) is 1. The van der Waals surface area contributed by atoms with Gasteiger partial charge in [-0.05, 0) is 47.4 Å². The van der Waals surface area contributed by atoms with Crippen molar-refractivity contribution in [1.29, 1.82) is 0 Å². The van der Waals surface area contributed by atoms with Crippen LogP contribution in [0.2, 0.25) is 0 Å². The van der Waals surface area contributed by atoms with Crippen LogP contribution in [0.25, 0.3) is 10.8 Å². The highest BCUT2D eigenvalue weighted by Gasteiger charge is 2.16. The molecule has 0 spiro atoms. The summed E-state index contributed by atoms with van der Waals surface area (Å²) >= 11 is 1.60. The zero-order chi connectivity index (χ0) is 20.1. The van der Waals surface area contributed by atoms with Crippen molar-refractivity contribution in [2.45, 2.75) is 11.4 Å². The number of carbonyl (C=O) groups excluding carboxylic acids is 1. The van der Waals surface area contributed by atoms with Crippen molar-refractivity contribution in [3.05, 3.63) is 60.2 Å². The van der Waals surface area contributed by atoms with Gasteiger partial charge in [0.1, 0.15) is 18.0 Å². The smallest absolute Gasteiger partial charge is 0.279 e. The van der Waals surface area contributed by atoms with Crippen LogP contribution in [-0.2, 0) is 11.3 Å². The summed E-state index contributed by atoms with van der Waals surface area (Å²) in [5.74, 6) is 0.910. The van der Waals surface area contributed by atoms with Gasteiger partial charge in [-0.1, -0.05) is 24.3 Å². The molecule has 0 aromatic heterocycles. The van der Waals surface area contributed by atoms with E-state index in [4.69, 9.17) is 4.74 Å². The number of thioether (sulfide) groups is 1. The number of benzene rings is 3. The molecule has 1 unspecified atom stereocenters. The summed E-state index contributed by atoms with van der Waals surface area (Å²) in [5, 5.41) is 15.4. The van der Waals surface area contributed by atoms with E-state index in [1.807, 2.05) is 61.8 Å². The Hall–Kier alpha value is -2.70. The van der Waals surface area contributed by atoms with Crippen LogP contribution in [0.1, 0.15) is 5.56 Å². The third-order valence-corrected chi connectivity index (χ3v) is 5.43. The molecule has 0 fully saturated rings. The number of phenolic OH excluding ortho intramolecular Hbond substituents is 1. The Labute approximate surface area is 169 Å². The third kappa shape index (κ3) is 4.58. The van der Waals surface area contributed by atoms with Crippen LogP contribution in [0.15, 0.2) is 59.5 Å². The van der Waals surface area contributed by atoms with Crippen molar-refractivity contribution in [3.63, 3.8) is 0 Å². The van der Waals surface area contributed by atoms with Crippen molar-refractivity contribution in [3.8, 4) is 11.5 Å². The van der Waals surface area contributed by atoms with Gasteiger partial charge in [0.2, 0.25) is 0 Å². The van der Waals surface area contributed by atoms with E-state index < -0.39 is 0 Å². The molecule has 0 heterocycles. The van der Waals surface area contributed by atoms with Crippen LogP contribution in [-0.4, -0.2) is 38.0 Å². The number of anilines is 1. The predicted octanol–water partition coefficient (Wildman–Crippen LogP) is 2.93. The molecule has 0 bridgehead atoms. The lowest BCUT2D eigenvalue weighted by molar-refractivity contribution is -0.885. The Morgan fingerprint density at radius 2 is 1.93 bits per heavy atom. The number of amides is 1. The Morgan fingerprint density at radius 3 is 2.68 bits per heavy atom. The van der Waals surface area contributed by atoms with Gasteiger partial charge in [-0.3, -0.25) is 4.79 Å². The number of hydrogen-bond donors (Lipinski definition) is 3. The second-order valence-corrected chi connectivity index (χ2v) is 7.56. The van der Waals surface area contributed by atoms with Gasteiger partial charge in [0.05, 0.1) is 25.4 Å². The molecule has 0 aliphatic rings. The van der Waals surface area contributed by atoms with Crippen molar-refractivity contribution in [1.82, 2.24) is 0 Å². The number of para-hydroxylation sites is 1. The Bertz CT molecular complexity index is 991. The maximum absolute atomic E-state index is 12.5. The summed E-state index contributed by atoms with van der Waals surface area (Å²) in [6, 6.07) is 17.1. The third-order valence-electron chi connectivity index (χ3n) is 4.64. The molecule has 1 atom stereocenters. The highest BCUT2D eigenvalue weighted by Crippen LogP contribution is 2.29. The number of likely N-dealkylation sites (N-methyl/N-ethyl adjacent to an activating group) is 1. The van der Waals surface area contributed by atoms with Crippen LogP contribution < -0.4 is 15.0 Å². The first-order chi connectivity index (χ1) is 13.5. The number of quaternary nitrogens is 1. The SMILES string of the molecule is COc1ccc2ccc(O)c(C[NH+](C)CC(=O)Nc3ccccc3SC)c2c1. The van der Waals surface area contributed by atoms with Gasteiger partial charge in [-0.25, -0.2) is 0 Å². The quantitative estimate of drug-likeness (QED) is 0.537. The lowest BCUT2D eigenvalue weighted by Gasteiger charge is -2.17. The van der Waals surface area contributed by atoms with E-state index in [-0.39, 0.29) is 11.7 Å². The van der Waals surface area contributed by atoms with Crippen molar-refractivity contribution in [2.24, 2.45) is 0 Å². The minimum absolute atomic E-state index is 0.0590. The Morgan fingerprint density at radius 1 is 1.18 bits per heavy atom. The molecule has 28 heavy (non-hydrogen) atoms. The second kappa shape index (κ2) is 8.99. The van der Waals surface area contributed by atoms with Gasteiger partial charge in [0.15, 0.2) is 6.54 Å². The number of fused-ring (bicyclic) bond motifs is 1. The largest absolute Gasteiger partial charge is 0.507 e. The predicted molar refractivity (Wildman–Crippen MR) is 114 cm³/mol. The topological polar surface area (TPSA) is 63.0 Å². The van der Waals surface area contributed by atoms with Crippen LogP contribution in [0.3, 0.4) is 0 Å². The van der Waals surface area contributed by atoms with Crippen molar-refractivity contribution < 1.29 is 19.5 Å². The number of rotatable bonds is 7. The fraction of sp³-hybridized carbons (Fsp3) is 0.227. The summed E-state index contributed by atoms with van der Waals surface area (Å²) in [6.45, 7) is 0.816. The van der Waals surface area contributed by atoms with Gasteiger partial charge in [-0.15, -0.1) is 11.8 Å². The highest BCUT2D eigenvalue weighted by atomic mass is 32.2. The van der Waals surface area contributed by atoms with E-state index in [2.05, 4.69) is 5.32 Å². The second-order valence-electron chi connectivity index (χ2n) is 6.71. The first kappa shape index (κ1) is 20.0. The van der Waals surface area contributed by atoms with Gasteiger partial charge in [-0.2, -0.15) is 0 Å². The average Bonchev–Trinajstić information content (AvgIpc) is 2.70. The molecule has 3 aromatic rings. The van der Waals surface area contributed by atoms with Crippen molar-refractivity contribution in [2.75, 3.05) is 32.3 Å². The number of aromatic hydroxyl groups is 1. The lowest BCUT2D eigenvalue weighted by Crippen LogP contribution is -3.08. The molecule has 0 aliphatic carbocycles. The minimum atomic E-state index is -0.0590. The summed E-state index contributed by atoms with van der Waals surface area (Å²) in [7, 11) is 3.57. The average molecular weight is 398 g/mol. The molecule has 3 N–H and O–H groups in total. The summed E-state index contributed by atoms with van der Waals surface area (Å²) in [6.07, 6.45) is 1.99. The van der Waals surface area contributed by atoms with Crippen LogP contribution in [0, 0.1) is 0 Å². The lowest BCUT2D eigenvalue weighted by atomic mass is 10.0. The number of nitrogens with one attached hydrogen (secondary N) is 2. The highest BCUT2D eigenvalue weighted by molar-refractivity contribution is 7.98. The zero-order valence-electron chi connectivity index (χ0n) is 16.3. The Kier molecular flexibility index (Phi) is 6.44. The van der Waals surface area contributed by atoms with E-state index in [9.17, 15) is 9.90 Å². The number of methoxy groups -OCH3 is 1. The molecular formula is C22H25N2O3S+. The van der Waals surface area contributed by atoms with Crippen LogP contribution in [0.4, 0.5) is 5.69 Å². The normalized spacial score (nSPS) is 12.0. The standard InChI is InChI=1S/C22H24N2O3S/c1-24(14-22(26)23-19-6-4-5-7-21(19)28-3)13-18-17-12-16(27-2)10-8-15(17)9-11-20(18)25/h4-12,25H,13-14H2,1-3H3,(H,23,26)/p+1. The van der Waals surface area contributed by atoms with Crippen LogP contribution in [0.5, 0.6) is 11.5 Å². The Balaban J connectivity index is 1.75. The summed E-state index contributed by atoms with van der Waals surface area (Å²) in [4.78, 5) is 14.5. The minimum Gasteiger partial charge on any atom is -0.507 e. The fourth-order valence-electron chi connectivity index (χ4n) is 3.24. The van der Waals surface area contributed by atoms with E-state index in [0.29, 0.717) is 13.1 Å².